The molecule has 1 unspecified atom stereocenters. The van der Waals surface area contributed by atoms with Crippen LogP contribution >= 0.6 is 11.6 Å². The number of non-ortho nitro benzene ring substituents is 1. The first-order chi connectivity index (χ1) is 10.1. The molecule has 0 saturated heterocycles. The molecule has 0 saturated carbocycles. The van der Waals surface area contributed by atoms with Crippen LogP contribution in [0.3, 0.4) is 0 Å². The van der Waals surface area contributed by atoms with Crippen molar-refractivity contribution in [3.63, 3.8) is 0 Å². The minimum Gasteiger partial charge on any atom is -0.303 e. The van der Waals surface area contributed by atoms with Crippen molar-refractivity contribution < 1.29 is 4.92 Å². The van der Waals surface area contributed by atoms with Gasteiger partial charge in [0.15, 0.2) is 0 Å². The summed E-state index contributed by atoms with van der Waals surface area (Å²) in [4.78, 5) is 14.9. The van der Waals surface area contributed by atoms with Crippen LogP contribution in [0.1, 0.15) is 17.3 Å². The van der Waals surface area contributed by atoms with E-state index in [-0.39, 0.29) is 11.9 Å². The van der Waals surface area contributed by atoms with Crippen LogP contribution in [-0.2, 0) is 0 Å². The topological polar surface area (TPSA) is 79.6 Å². The maximum atomic E-state index is 10.8. The highest BCUT2D eigenvalue weighted by atomic mass is 35.5. The van der Waals surface area contributed by atoms with E-state index in [1.54, 1.807) is 24.3 Å². The highest BCUT2D eigenvalue weighted by Gasteiger charge is 2.20. The number of rotatable bonds is 3. The van der Waals surface area contributed by atoms with Crippen molar-refractivity contribution in [1.82, 2.24) is 10.9 Å². The van der Waals surface area contributed by atoms with Crippen molar-refractivity contribution in [2.75, 3.05) is 0 Å². The van der Waals surface area contributed by atoms with Crippen LogP contribution in [0.15, 0.2) is 53.5 Å². The fourth-order valence-corrected chi connectivity index (χ4v) is 2.18. The van der Waals surface area contributed by atoms with Crippen LogP contribution in [0.2, 0.25) is 5.02 Å². The Morgan fingerprint density at radius 1 is 1.19 bits per heavy atom. The van der Waals surface area contributed by atoms with Crippen molar-refractivity contribution >= 4 is 23.1 Å². The van der Waals surface area contributed by atoms with E-state index in [1.165, 1.54) is 12.1 Å². The number of amidine groups is 1. The Morgan fingerprint density at radius 3 is 2.67 bits per heavy atom. The zero-order chi connectivity index (χ0) is 14.8. The van der Waals surface area contributed by atoms with Crippen LogP contribution in [0.25, 0.3) is 0 Å². The molecular weight excluding hydrogens is 292 g/mol. The summed E-state index contributed by atoms with van der Waals surface area (Å²) in [5.41, 5.74) is 7.63. The molecule has 2 aromatic rings. The number of hydrazine groups is 1. The van der Waals surface area contributed by atoms with Crippen LogP contribution in [-0.4, -0.2) is 10.8 Å². The molecule has 1 heterocycles. The van der Waals surface area contributed by atoms with E-state index in [4.69, 9.17) is 11.6 Å². The van der Waals surface area contributed by atoms with E-state index >= 15 is 0 Å². The summed E-state index contributed by atoms with van der Waals surface area (Å²) in [5.74, 6) is 0.670. The Hall–Kier alpha value is -2.44. The standard InChI is InChI=1S/C14H11ClN4O2/c15-11-6-4-9(5-7-11)13-16-14(18-17-13)10-2-1-3-12(8-10)19(20)21/h1-8,14,18H,(H,16,17). The summed E-state index contributed by atoms with van der Waals surface area (Å²) in [6.45, 7) is 0. The SMILES string of the molecule is O=[N+]([O-])c1cccc(C2N=C(c3ccc(Cl)cc3)NN2)c1. The second kappa shape index (κ2) is 5.51. The average molecular weight is 303 g/mol. The second-order valence-electron chi connectivity index (χ2n) is 4.51. The fourth-order valence-electron chi connectivity index (χ4n) is 2.05. The maximum absolute atomic E-state index is 10.8. The molecule has 3 rings (SSSR count). The van der Waals surface area contributed by atoms with Gasteiger partial charge in [-0.3, -0.25) is 10.1 Å². The van der Waals surface area contributed by atoms with E-state index in [2.05, 4.69) is 15.8 Å². The highest BCUT2D eigenvalue weighted by Crippen LogP contribution is 2.23. The van der Waals surface area contributed by atoms with Crippen LogP contribution in [0, 0.1) is 10.1 Å². The number of hydrogen-bond donors (Lipinski definition) is 2. The van der Waals surface area contributed by atoms with Gasteiger partial charge in [-0.2, -0.15) is 0 Å². The minimum atomic E-state index is -0.421. The van der Waals surface area contributed by atoms with Crippen molar-refractivity contribution in [1.29, 1.82) is 0 Å². The molecule has 2 aromatic carbocycles. The first-order valence-corrected chi connectivity index (χ1v) is 6.61. The number of halogens is 1. The molecule has 1 aliphatic heterocycles. The lowest BCUT2D eigenvalue weighted by Gasteiger charge is -2.06. The van der Waals surface area contributed by atoms with Crippen LogP contribution in [0.4, 0.5) is 5.69 Å². The van der Waals surface area contributed by atoms with Gasteiger partial charge in [0, 0.05) is 22.7 Å². The predicted molar refractivity (Wildman–Crippen MR) is 80.1 cm³/mol. The fraction of sp³-hybridized carbons (Fsp3) is 0.0714. The van der Waals surface area contributed by atoms with Gasteiger partial charge in [-0.1, -0.05) is 23.7 Å². The zero-order valence-corrected chi connectivity index (χ0v) is 11.5. The van der Waals surface area contributed by atoms with Gasteiger partial charge in [-0.25, -0.2) is 10.4 Å². The molecule has 0 bridgehead atoms. The molecule has 106 valence electrons. The number of aliphatic imine (C=N–C) groups is 1. The smallest absolute Gasteiger partial charge is 0.269 e. The van der Waals surface area contributed by atoms with Crippen LogP contribution in [0.5, 0.6) is 0 Å². The van der Waals surface area contributed by atoms with Crippen molar-refractivity contribution in [2.24, 2.45) is 4.99 Å². The van der Waals surface area contributed by atoms with Crippen molar-refractivity contribution in [3.05, 3.63) is 74.8 Å². The summed E-state index contributed by atoms with van der Waals surface area (Å²) >= 11 is 5.85. The third-order valence-corrected chi connectivity index (χ3v) is 3.35. The molecule has 0 aliphatic carbocycles. The number of hydrogen-bond acceptors (Lipinski definition) is 5. The normalized spacial score (nSPS) is 17.2. The Labute approximate surface area is 125 Å². The Kier molecular flexibility index (Phi) is 3.55. The Balaban J connectivity index is 1.87. The van der Waals surface area contributed by atoms with Crippen molar-refractivity contribution in [2.45, 2.75) is 6.17 Å². The Morgan fingerprint density at radius 2 is 1.95 bits per heavy atom. The lowest BCUT2D eigenvalue weighted by molar-refractivity contribution is -0.384. The second-order valence-corrected chi connectivity index (χ2v) is 4.95. The number of benzene rings is 2. The molecule has 0 radical (unpaired) electrons. The van der Waals surface area contributed by atoms with E-state index in [0.717, 1.165) is 11.1 Å². The summed E-state index contributed by atoms with van der Waals surface area (Å²) < 4.78 is 0. The summed E-state index contributed by atoms with van der Waals surface area (Å²) in [5, 5.41) is 11.5. The molecule has 0 fully saturated rings. The van der Waals surface area contributed by atoms with Gasteiger partial charge in [0.2, 0.25) is 0 Å². The monoisotopic (exact) mass is 302 g/mol. The first kappa shape index (κ1) is 13.5. The largest absolute Gasteiger partial charge is 0.303 e. The number of nitrogens with zero attached hydrogens (tertiary/aromatic N) is 2. The predicted octanol–water partition coefficient (Wildman–Crippen LogP) is 2.80. The Bertz CT molecular complexity index is 715. The molecule has 2 N–H and O–H groups in total. The van der Waals surface area contributed by atoms with Crippen LogP contribution < -0.4 is 10.9 Å². The molecule has 0 spiro atoms. The van der Waals surface area contributed by atoms with Gasteiger partial charge in [0.1, 0.15) is 12.0 Å². The third-order valence-electron chi connectivity index (χ3n) is 3.10. The zero-order valence-electron chi connectivity index (χ0n) is 10.8. The summed E-state index contributed by atoms with van der Waals surface area (Å²) in [7, 11) is 0. The minimum absolute atomic E-state index is 0.0458. The lowest BCUT2D eigenvalue weighted by atomic mass is 10.1. The molecular formula is C14H11ClN4O2. The summed E-state index contributed by atoms with van der Waals surface area (Å²) in [6.07, 6.45) is -0.365. The molecule has 1 atom stereocenters. The lowest BCUT2D eigenvalue weighted by Crippen LogP contribution is -2.31. The summed E-state index contributed by atoms with van der Waals surface area (Å²) in [6, 6.07) is 13.7. The molecule has 21 heavy (non-hydrogen) atoms. The average Bonchev–Trinajstić information content (AvgIpc) is 2.98. The van der Waals surface area contributed by atoms with Gasteiger partial charge in [0.25, 0.3) is 5.69 Å². The van der Waals surface area contributed by atoms with E-state index in [9.17, 15) is 10.1 Å². The highest BCUT2D eigenvalue weighted by molar-refractivity contribution is 6.30. The molecule has 1 aliphatic rings. The number of nitro groups is 1. The van der Waals surface area contributed by atoms with Gasteiger partial charge in [-0.15, -0.1) is 0 Å². The van der Waals surface area contributed by atoms with Crippen molar-refractivity contribution in [3.8, 4) is 0 Å². The number of nitrogens with one attached hydrogen (secondary N) is 2. The molecule has 7 heteroatoms. The molecule has 6 nitrogen and oxygen atoms in total. The number of nitro benzene ring substituents is 1. The quantitative estimate of drug-likeness (QED) is 0.675. The maximum Gasteiger partial charge on any atom is 0.269 e. The molecule has 0 amide bonds. The third kappa shape index (κ3) is 2.86. The van der Waals surface area contributed by atoms with E-state index < -0.39 is 4.92 Å². The van der Waals surface area contributed by atoms with Gasteiger partial charge < -0.3 is 5.43 Å². The van der Waals surface area contributed by atoms with Gasteiger partial charge >= 0.3 is 0 Å². The van der Waals surface area contributed by atoms with E-state index in [1.807, 2.05) is 12.1 Å². The first-order valence-electron chi connectivity index (χ1n) is 6.23. The van der Waals surface area contributed by atoms with Gasteiger partial charge in [0.05, 0.1) is 4.92 Å². The molecule has 0 aromatic heterocycles. The van der Waals surface area contributed by atoms with E-state index in [0.29, 0.717) is 10.9 Å². The van der Waals surface area contributed by atoms with Gasteiger partial charge in [-0.05, 0) is 29.8 Å².